The Hall–Kier alpha value is -3.13. The Labute approximate surface area is 220 Å². The van der Waals surface area contributed by atoms with Crippen LogP contribution in [0, 0.1) is 0 Å². The molecule has 0 aliphatic heterocycles. The second-order valence-electron chi connectivity index (χ2n) is 9.30. The number of urea groups is 1. The third kappa shape index (κ3) is 7.43. The van der Waals surface area contributed by atoms with Crippen molar-refractivity contribution in [1.82, 2.24) is 20.6 Å². The Morgan fingerprint density at radius 2 is 1.50 bits per heavy atom. The molecule has 2 amide bonds. The summed E-state index contributed by atoms with van der Waals surface area (Å²) in [6, 6.07) is 16.8. The number of nitrogens with one attached hydrogen (secondary N) is 3. The average molecular weight is 509 g/mol. The van der Waals surface area contributed by atoms with E-state index in [1.54, 1.807) is 11.8 Å². The van der Waals surface area contributed by atoms with Crippen LogP contribution in [0.3, 0.4) is 0 Å². The number of rotatable bonds is 12. The summed E-state index contributed by atoms with van der Waals surface area (Å²) in [6.45, 7) is 4.88. The molecule has 1 aromatic heterocycles. The van der Waals surface area contributed by atoms with Gasteiger partial charge in [0.05, 0.1) is 16.8 Å². The lowest BCUT2D eigenvalue weighted by molar-refractivity contribution is 0.239. The molecular formula is C28H40N6OS. The van der Waals surface area contributed by atoms with Gasteiger partial charge in [-0.05, 0) is 37.1 Å². The molecular weight excluding hydrogens is 468 g/mol. The molecule has 36 heavy (non-hydrogen) atoms. The topological polar surface area (TPSA) is 76.3 Å². The molecule has 3 aromatic rings. The zero-order chi connectivity index (χ0) is 26.1. The molecule has 1 atom stereocenters. The number of unbranched alkanes of at least 4 members (excludes halogenated alkanes) is 1. The molecule has 0 saturated carbocycles. The molecule has 0 aliphatic rings. The Morgan fingerprint density at radius 3 is 2.03 bits per heavy atom. The highest BCUT2D eigenvalue weighted by molar-refractivity contribution is 7.99. The first-order valence-electron chi connectivity index (χ1n) is 12.7. The monoisotopic (exact) mass is 508 g/mol. The molecule has 3 rings (SSSR count). The highest BCUT2D eigenvalue weighted by Gasteiger charge is 2.19. The number of carbonyl (C=O) groups excluding carboxylic acids is 1. The zero-order valence-corrected chi connectivity index (χ0v) is 23.2. The predicted molar refractivity (Wildman–Crippen MR) is 154 cm³/mol. The summed E-state index contributed by atoms with van der Waals surface area (Å²) in [5, 5.41) is 6.77. The fourth-order valence-electron chi connectivity index (χ4n) is 3.79. The number of anilines is 2. The molecule has 0 saturated heterocycles. The summed E-state index contributed by atoms with van der Waals surface area (Å²) in [4.78, 5) is 25.1. The molecule has 0 aliphatic carbocycles. The summed E-state index contributed by atoms with van der Waals surface area (Å²) in [7, 11) is 8.15. The predicted octanol–water partition coefficient (Wildman–Crippen LogP) is 6.19. The molecule has 0 spiro atoms. The van der Waals surface area contributed by atoms with E-state index in [9.17, 15) is 4.79 Å². The molecule has 3 N–H and O–H groups in total. The van der Waals surface area contributed by atoms with Crippen molar-refractivity contribution >= 4 is 29.2 Å². The van der Waals surface area contributed by atoms with Crippen LogP contribution in [0.25, 0.3) is 22.5 Å². The van der Waals surface area contributed by atoms with Gasteiger partial charge in [0, 0.05) is 57.2 Å². The molecule has 194 valence electrons. The number of imidazole rings is 1. The van der Waals surface area contributed by atoms with E-state index in [4.69, 9.17) is 4.98 Å². The van der Waals surface area contributed by atoms with Crippen LogP contribution in [0.4, 0.5) is 16.2 Å². The maximum absolute atomic E-state index is 12.4. The van der Waals surface area contributed by atoms with Crippen LogP contribution in [0.5, 0.6) is 0 Å². The third-order valence-electron chi connectivity index (χ3n) is 5.91. The lowest BCUT2D eigenvalue weighted by Crippen LogP contribution is -2.41. The molecule has 0 fully saturated rings. The van der Waals surface area contributed by atoms with E-state index in [1.165, 1.54) is 0 Å². The van der Waals surface area contributed by atoms with Crippen LogP contribution in [0.1, 0.15) is 39.5 Å². The minimum atomic E-state index is -0.129. The summed E-state index contributed by atoms with van der Waals surface area (Å²) in [6.07, 6.45) is 3.88. The summed E-state index contributed by atoms with van der Waals surface area (Å²) >= 11 is 1.58. The normalized spacial score (nSPS) is 11.7. The van der Waals surface area contributed by atoms with Crippen LogP contribution in [-0.2, 0) is 0 Å². The smallest absolute Gasteiger partial charge is 0.315 e. The Balaban J connectivity index is 1.95. The van der Waals surface area contributed by atoms with Crippen molar-refractivity contribution < 1.29 is 4.79 Å². The quantitative estimate of drug-likeness (QED) is 0.201. The number of amides is 2. The molecule has 7 nitrogen and oxygen atoms in total. The van der Waals surface area contributed by atoms with E-state index in [0.717, 1.165) is 64.7 Å². The third-order valence-corrected chi connectivity index (χ3v) is 6.97. The first kappa shape index (κ1) is 27.5. The molecule has 1 heterocycles. The summed E-state index contributed by atoms with van der Waals surface area (Å²) in [5.41, 5.74) is 6.30. The zero-order valence-electron chi connectivity index (χ0n) is 22.4. The van der Waals surface area contributed by atoms with Gasteiger partial charge in [-0.25, -0.2) is 9.78 Å². The number of hydrogen-bond acceptors (Lipinski definition) is 5. The number of nitrogens with zero attached hydrogens (tertiary/aromatic N) is 3. The number of H-pyrrole nitrogens is 1. The highest BCUT2D eigenvalue weighted by Crippen LogP contribution is 2.35. The van der Waals surface area contributed by atoms with Crippen molar-refractivity contribution in [2.75, 3.05) is 44.5 Å². The SMILES string of the molecule is CCCCC(NC(=O)NCCC)Sc1nc(-c2ccc(N(C)C)cc2)c(-c2ccc(N(C)C)cc2)[nH]1. The van der Waals surface area contributed by atoms with Crippen molar-refractivity contribution in [3.8, 4) is 22.5 Å². The number of aromatic nitrogens is 2. The molecule has 1 unspecified atom stereocenters. The van der Waals surface area contributed by atoms with Crippen molar-refractivity contribution in [2.45, 2.75) is 50.1 Å². The van der Waals surface area contributed by atoms with Crippen molar-refractivity contribution in [1.29, 1.82) is 0 Å². The Morgan fingerprint density at radius 1 is 0.917 bits per heavy atom. The van der Waals surface area contributed by atoms with Gasteiger partial charge < -0.3 is 25.4 Å². The van der Waals surface area contributed by atoms with Gasteiger partial charge in [0.1, 0.15) is 0 Å². The van der Waals surface area contributed by atoms with Crippen molar-refractivity contribution in [2.24, 2.45) is 0 Å². The number of benzene rings is 2. The maximum atomic E-state index is 12.4. The van der Waals surface area contributed by atoms with Gasteiger partial charge in [-0.2, -0.15) is 0 Å². The van der Waals surface area contributed by atoms with Gasteiger partial charge in [0.2, 0.25) is 0 Å². The lowest BCUT2D eigenvalue weighted by atomic mass is 10.0. The van der Waals surface area contributed by atoms with Gasteiger partial charge in [0.15, 0.2) is 5.16 Å². The summed E-state index contributed by atoms with van der Waals surface area (Å²) < 4.78 is 0. The van der Waals surface area contributed by atoms with Crippen LogP contribution in [0.2, 0.25) is 0 Å². The summed E-state index contributed by atoms with van der Waals surface area (Å²) in [5.74, 6) is 0. The second-order valence-corrected chi connectivity index (χ2v) is 10.5. The molecule has 0 bridgehead atoms. The lowest BCUT2D eigenvalue weighted by Gasteiger charge is -2.17. The minimum Gasteiger partial charge on any atom is -0.378 e. The first-order chi connectivity index (χ1) is 17.3. The standard InChI is InChI=1S/C28H40N6OS/c1-7-9-10-24(30-27(35)29-19-8-2)36-28-31-25(20-11-15-22(16-12-20)33(3)4)26(32-28)21-13-17-23(18-14-21)34(5)6/h11-18,24H,7-10,19H2,1-6H3,(H,31,32)(H2,29,30,35). The average Bonchev–Trinajstić information content (AvgIpc) is 3.29. The van der Waals surface area contributed by atoms with Gasteiger partial charge in [-0.3, -0.25) is 0 Å². The van der Waals surface area contributed by atoms with Crippen LogP contribution < -0.4 is 20.4 Å². The van der Waals surface area contributed by atoms with E-state index in [1.807, 2.05) is 35.1 Å². The fourth-order valence-corrected chi connectivity index (χ4v) is 4.81. The molecule has 2 aromatic carbocycles. The van der Waals surface area contributed by atoms with Crippen LogP contribution in [0.15, 0.2) is 53.7 Å². The Kier molecular flexibility index (Phi) is 10.1. The van der Waals surface area contributed by atoms with Gasteiger partial charge in [0.25, 0.3) is 0 Å². The fraction of sp³-hybridized carbons (Fsp3) is 0.429. The second kappa shape index (κ2) is 13.3. The first-order valence-corrected chi connectivity index (χ1v) is 13.6. The maximum Gasteiger partial charge on any atom is 0.315 e. The van der Waals surface area contributed by atoms with Crippen LogP contribution in [-0.4, -0.2) is 56.1 Å². The molecule has 0 radical (unpaired) electrons. The molecule has 8 heteroatoms. The number of aromatic amines is 1. The van der Waals surface area contributed by atoms with Crippen LogP contribution >= 0.6 is 11.8 Å². The minimum absolute atomic E-state index is 0.0686. The van der Waals surface area contributed by atoms with Crippen molar-refractivity contribution in [3.05, 3.63) is 48.5 Å². The van der Waals surface area contributed by atoms with E-state index in [-0.39, 0.29) is 11.4 Å². The van der Waals surface area contributed by atoms with E-state index in [2.05, 4.69) is 80.9 Å². The van der Waals surface area contributed by atoms with Gasteiger partial charge in [-0.1, -0.05) is 62.7 Å². The number of thioether (sulfide) groups is 1. The van der Waals surface area contributed by atoms with E-state index >= 15 is 0 Å². The number of carbonyl (C=O) groups is 1. The Bertz CT molecular complexity index is 1020. The number of hydrogen-bond donors (Lipinski definition) is 3. The van der Waals surface area contributed by atoms with E-state index in [0.29, 0.717) is 6.54 Å². The van der Waals surface area contributed by atoms with Gasteiger partial charge >= 0.3 is 6.03 Å². The van der Waals surface area contributed by atoms with Gasteiger partial charge in [-0.15, -0.1) is 0 Å². The van der Waals surface area contributed by atoms with E-state index < -0.39 is 0 Å². The van der Waals surface area contributed by atoms with Crippen molar-refractivity contribution in [3.63, 3.8) is 0 Å². The highest BCUT2D eigenvalue weighted by atomic mass is 32.2. The largest absolute Gasteiger partial charge is 0.378 e.